The largest absolute Gasteiger partial charge is 0.469 e. The number of carbonyl (C=O) groups is 1. The Morgan fingerprint density at radius 2 is 2.06 bits per heavy atom. The molecule has 2 unspecified atom stereocenters. The smallest absolute Gasteiger partial charge is 0.307 e. The van der Waals surface area contributed by atoms with Gasteiger partial charge in [-0.25, -0.2) is 0 Å². The van der Waals surface area contributed by atoms with Gasteiger partial charge in [-0.1, -0.05) is 29.3 Å². The summed E-state index contributed by atoms with van der Waals surface area (Å²) in [7, 11) is 1.38. The van der Waals surface area contributed by atoms with E-state index in [1.807, 2.05) is 52.1 Å². The van der Waals surface area contributed by atoms with E-state index in [-0.39, 0.29) is 24.5 Å². The zero-order chi connectivity index (χ0) is 22.0. The summed E-state index contributed by atoms with van der Waals surface area (Å²) >= 11 is 18.2. The fourth-order valence-corrected chi connectivity index (χ4v) is 4.64. The number of rotatable bonds is 6. The summed E-state index contributed by atoms with van der Waals surface area (Å²) in [6, 6.07) is 14.7. The Morgan fingerprint density at radius 1 is 1.23 bits per heavy atom. The summed E-state index contributed by atoms with van der Waals surface area (Å²) in [6.45, 7) is 0.409. The van der Waals surface area contributed by atoms with Crippen molar-refractivity contribution in [1.82, 2.24) is 19.8 Å². The second kappa shape index (κ2) is 9.26. The minimum absolute atomic E-state index is 0.203. The highest BCUT2D eigenvalue weighted by Crippen LogP contribution is 2.40. The van der Waals surface area contributed by atoms with Gasteiger partial charge in [-0.3, -0.25) is 9.78 Å². The van der Waals surface area contributed by atoms with Gasteiger partial charge in [0.2, 0.25) is 0 Å². The third kappa shape index (κ3) is 4.39. The highest BCUT2D eigenvalue weighted by molar-refractivity contribution is 7.80. The van der Waals surface area contributed by atoms with Crippen LogP contribution in [0.5, 0.6) is 0 Å². The molecular formula is C22H20Cl2N4O2S. The Morgan fingerprint density at radius 3 is 2.77 bits per heavy atom. The third-order valence-electron chi connectivity index (χ3n) is 5.23. The lowest BCUT2D eigenvalue weighted by molar-refractivity contribution is -0.140. The monoisotopic (exact) mass is 474 g/mol. The standard InChI is InChI=1S/C22H20Cl2N4O2S/c1-30-19(29)9-12-28-21(20(26-22(28)31)16-5-2-3-10-25-16)18-6-4-11-27(18)17-8-7-14(23)13-15(17)24/h2-8,10-11,13,20-21H,9,12H2,1H3,(H,26,31). The van der Waals surface area contributed by atoms with Crippen LogP contribution in [0.1, 0.15) is 29.9 Å². The van der Waals surface area contributed by atoms with E-state index in [1.54, 1.807) is 18.3 Å². The average Bonchev–Trinajstić information content (AvgIpc) is 3.36. The Kier molecular flexibility index (Phi) is 6.46. The molecule has 9 heteroatoms. The molecule has 1 aliphatic heterocycles. The van der Waals surface area contributed by atoms with Crippen LogP contribution in [-0.2, 0) is 9.53 Å². The number of carbonyl (C=O) groups excluding carboxylic acids is 1. The van der Waals surface area contributed by atoms with Gasteiger partial charge in [0.05, 0.1) is 42.0 Å². The summed E-state index contributed by atoms with van der Waals surface area (Å²) in [5.41, 5.74) is 2.61. The van der Waals surface area contributed by atoms with Gasteiger partial charge in [-0.05, 0) is 54.7 Å². The molecule has 3 heterocycles. The van der Waals surface area contributed by atoms with Crippen molar-refractivity contribution >= 4 is 46.5 Å². The van der Waals surface area contributed by atoms with E-state index in [4.69, 9.17) is 40.2 Å². The van der Waals surface area contributed by atoms with Gasteiger partial charge in [0.25, 0.3) is 0 Å². The molecule has 1 aromatic carbocycles. The van der Waals surface area contributed by atoms with Crippen LogP contribution in [0.4, 0.5) is 0 Å². The van der Waals surface area contributed by atoms with Gasteiger partial charge < -0.3 is 19.5 Å². The van der Waals surface area contributed by atoms with Crippen LogP contribution in [-0.4, -0.2) is 39.2 Å². The van der Waals surface area contributed by atoms with E-state index in [1.165, 1.54) is 7.11 Å². The number of esters is 1. The number of hydrogen-bond donors (Lipinski definition) is 1. The number of ether oxygens (including phenoxy) is 1. The first-order chi connectivity index (χ1) is 15.0. The Hall–Kier alpha value is -2.61. The number of benzene rings is 1. The predicted octanol–water partition coefficient (Wildman–Crippen LogP) is 4.71. The number of nitrogens with zero attached hydrogens (tertiary/aromatic N) is 3. The molecule has 0 radical (unpaired) electrons. The van der Waals surface area contributed by atoms with Gasteiger partial charge in [-0.15, -0.1) is 0 Å². The van der Waals surface area contributed by atoms with Crippen LogP contribution in [0.2, 0.25) is 10.0 Å². The number of halogens is 2. The van der Waals surface area contributed by atoms with Crippen LogP contribution in [0.25, 0.3) is 5.69 Å². The summed E-state index contributed by atoms with van der Waals surface area (Å²) in [4.78, 5) is 18.4. The Bertz CT molecular complexity index is 1110. The van der Waals surface area contributed by atoms with Crippen LogP contribution in [0.3, 0.4) is 0 Å². The van der Waals surface area contributed by atoms with E-state index in [2.05, 4.69) is 10.3 Å². The number of methoxy groups -OCH3 is 1. The summed E-state index contributed by atoms with van der Waals surface area (Å²) < 4.78 is 6.84. The molecule has 0 amide bonds. The van der Waals surface area contributed by atoms with Gasteiger partial charge >= 0.3 is 5.97 Å². The predicted molar refractivity (Wildman–Crippen MR) is 125 cm³/mol. The van der Waals surface area contributed by atoms with Crippen molar-refractivity contribution in [3.8, 4) is 5.69 Å². The van der Waals surface area contributed by atoms with Crippen molar-refractivity contribution in [2.75, 3.05) is 13.7 Å². The molecule has 4 rings (SSSR count). The van der Waals surface area contributed by atoms with Crippen LogP contribution < -0.4 is 5.32 Å². The number of thiocarbonyl (C=S) groups is 1. The van der Waals surface area contributed by atoms with Crippen molar-refractivity contribution in [2.45, 2.75) is 18.5 Å². The van der Waals surface area contributed by atoms with Crippen molar-refractivity contribution in [1.29, 1.82) is 0 Å². The fourth-order valence-electron chi connectivity index (χ4n) is 3.81. The van der Waals surface area contributed by atoms with E-state index in [0.717, 1.165) is 17.1 Å². The maximum Gasteiger partial charge on any atom is 0.307 e. The van der Waals surface area contributed by atoms with Crippen LogP contribution in [0, 0.1) is 0 Å². The molecule has 1 saturated heterocycles. The van der Waals surface area contributed by atoms with Crippen molar-refractivity contribution in [3.05, 3.63) is 82.4 Å². The Balaban J connectivity index is 1.78. The first kappa shape index (κ1) is 21.6. The van der Waals surface area contributed by atoms with Gasteiger partial charge in [0.15, 0.2) is 5.11 Å². The maximum atomic E-state index is 11.8. The first-order valence-electron chi connectivity index (χ1n) is 9.67. The van der Waals surface area contributed by atoms with Crippen molar-refractivity contribution < 1.29 is 9.53 Å². The highest BCUT2D eigenvalue weighted by Gasteiger charge is 2.41. The Labute approximate surface area is 195 Å². The SMILES string of the molecule is COC(=O)CCN1C(=S)NC(c2ccccn2)C1c1cccn1-c1ccc(Cl)cc1Cl. The molecule has 31 heavy (non-hydrogen) atoms. The summed E-state index contributed by atoms with van der Waals surface area (Å²) in [5.74, 6) is -0.293. The lowest BCUT2D eigenvalue weighted by Gasteiger charge is -2.28. The van der Waals surface area contributed by atoms with Gasteiger partial charge in [0.1, 0.15) is 0 Å². The molecule has 0 saturated carbocycles. The van der Waals surface area contributed by atoms with Crippen LogP contribution >= 0.6 is 35.4 Å². The van der Waals surface area contributed by atoms with Crippen molar-refractivity contribution in [2.24, 2.45) is 0 Å². The van der Waals surface area contributed by atoms with E-state index in [0.29, 0.717) is 21.7 Å². The molecule has 1 N–H and O–H groups in total. The average molecular weight is 475 g/mol. The molecule has 1 fully saturated rings. The minimum atomic E-state index is -0.293. The molecule has 3 aromatic rings. The zero-order valence-electron chi connectivity index (χ0n) is 16.7. The molecule has 2 aromatic heterocycles. The number of pyridine rings is 1. The molecule has 0 aliphatic carbocycles. The lowest BCUT2D eigenvalue weighted by Crippen LogP contribution is -2.32. The minimum Gasteiger partial charge on any atom is -0.469 e. The number of aromatic nitrogens is 2. The molecular weight excluding hydrogens is 455 g/mol. The second-order valence-electron chi connectivity index (χ2n) is 7.04. The van der Waals surface area contributed by atoms with Gasteiger partial charge in [-0.2, -0.15) is 0 Å². The molecule has 160 valence electrons. The fraction of sp³-hybridized carbons (Fsp3) is 0.227. The topological polar surface area (TPSA) is 59.4 Å². The quantitative estimate of drug-likeness (QED) is 0.412. The van der Waals surface area contributed by atoms with Crippen LogP contribution in [0.15, 0.2) is 60.9 Å². The highest BCUT2D eigenvalue weighted by atomic mass is 35.5. The van der Waals surface area contributed by atoms with E-state index in [9.17, 15) is 4.79 Å². The normalized spacial score (nSPS) is 18.2. The second-order valence-corrected chi connectivity index (χ2v) is 8.28. The summed E-state index contributed by atoms with van der Waals surface area (Å²) in [5, 5.41) is 5.04. The molecule has 0 bridgehead atoms. The first-order valence-corrected chi connectivity index (χ1v) is 10.8. The van der Waals surface area contributed by atoms with E-state index >= 15 is 0 Å². The molecule has 6 nitrogen and oxygen atoms in total. The molecule has 1 aliphatic rings. The maximum absolute atomic E-state index is 11.8. The number of nitrogens with one attached hydrogen (secondary N) is 1. The molecule has 2 atom stereocenters. The van der Waals surface area contributed by atoms with Crippen molar-refractivity contribution in [3.63, 3.8) is 0 Å². The summed E-state index contributed by atoms with van der Waals surface area (Å²) in [6.07, 6.45) is 3.91. The molecule has 0 spiro atoms. The van der Waals surface area contributed by atoms with Gasteiger partial charge in [0, 0.05) is 29.7 Å². The zero-order valence-corrected chi connectivity index (χ0v) is 19.0. The van der Waals surface area contributed by atoms with E-state index < -0.39 is 0 Å². The third-order valence-corrected chi connectivity index (χ3v) is 6.13. The lowest BCUT2D eigenvalue weighted by atomic mass is 10.0. The number of hydrogen-bond acceptors (Lipinski definition) is 4.